The number of aliphatic imine (C=N–C) groups is 3. The van der Waals surface area contributed by atoms with Crippen molar-refractivity contribution in [1.82, 2.24) is 0 Å². The van der Waals surface area contributed by atoms with Gasteiger partial charge in [-0.1, -0.05) is 12.1 Å². The summed E-state index contributed by atoms with van der Waals surface area (Å²) in [6.07, 6.45) is 3.93. The van der Waals surface area contributed by atoms with Crippen molar-refractivity contribution in [3.8, 4) is 0 Å². The number of carbonyl (C=O) groups excluding carboxylic acids is 2. The Morgan fingerprint density at radius 2 is 1.84 bits per heavy atom. The van der Waals surface area contributed by atoms with Gasteiger partial charge in [-0.25, -0.2) is 4.99 Å². The molecule has 2 heterocycles. The van der Waals surface area contributed by atoms with Crippen LogP contribution >= 0.6 is 11.8 Å². The Morgan fingerprint density at radius 3 is 2.56 bits per heavy atom. The van der Waals surface area contributed by atoms with Gasteiger partial charge < -0.3 is 5.73 Å². The van der Waals surface area contributed by atoms with Gasteiger partial charge in [0.2, 0.25) is 5.96 Å². The summed E-state index contributed by atoms with van der Waals surface area (Å²) in [6.45, 7) is 0. The van der Waals surface area contributed by atoms with Crippen LogP contribution in [0.2, 0.25) is 0 Å². The second-order valence-electron chi connectivity index (χ2n) is 6.06. The lowest BCUT2D eigenvalue weighted by molar-refractivity contribution is -0.118. The van der Waals surface area contributed by atoms with Crippen molar-refractivity contribution in [3.05, 3.63) is 35.4 Å². The number of amides is 1. The molecule has 0 aromatic heterocycles. The Hall–Kier alpha value is -2.54. The molecule has 0 radical (unpaired) electrons. The van der Waals surface area contributed by atoms with Crippen LogP contribution in [0.4, 0.5) is 0 Å². The fraction of sp³-hybridized carbons (Fsp3) is 0.278. The lowest BCUT2D eigenvalue weighted by atomic mass is 9.77. The van der Waals surface area contributed by atoms with Gasteiger partial charge in [0.05, 0.1) is 5.71 Å². The van der Waals surface area contributed by atoms with Gasteiger partial charge in [-0.15, -0.1) is 11.8 Å². The molecule has 7 heteroatoms. The summed E-state index contributed by atoms with van der Waals surface area (Å²) >= 11 is 1.64. The van der Waals surface area contributed by atoms with Crippen molar-refractivity contribution >= 4 is 46.5 Å². The summed E-state index contributed by atoms with van der Waals surface area (Å²) in [7, 11) is 0. The largest absolute Gasteiger partial charge is 0.368 e. The Kier molecular flexibility index (Phi) is 3.88. The van der Waals surface area contributed by atoms with Gasteiger partial charge in [0, 0.05) is 16.9 Å². The maximum absolute atomic E-state index is 12.6. The molecule has 126 valence electrons. The molecular weight excluding hydrogens is 336 g/mol. The van der Waals surface area contributed by atoms with Crippen molar-refractivity contribution in [2.24, 2.45) is 26.6 Å². The molecular formula is C18H16N4O2S. The van der Waals surface area contributed by atoms with E-state index in [-0.39, 0.29) is 11.7 Å². The van der Waals surface area contributed by atoms with E-state index in [1.165, 1.54) is 0 Å². The molecule has 1 saturated carbocycles. The summed E-state index contributed by atoms with van der Waals surface area (Å²) < 4.78 is 0. The number of amidine groups is 1. The second-order valence-corrected chi connectivity index (χ2v) is 6.94. The van der Waals surface area contributed by atoms with Crippen LogP contribution in [0.5, 0.6) is 0 Å². The van der Waals surface area contributed by atoms with E-state index in [0.29, 0.717) is 35.5 Å². The van der Waals surface area contributed by atoms with Crippen LogP contribution in [-0.4, -0.2) is 35.5 Å². The summed E-state index contributed by atoms with van der Waals surface area (Å²) in [5.41, 5.74) is 8.41. The predicted molar refractivity (Wildman–Crippen MR) is 99.0 cm³/mol. The van der Waals surface area contributed by atoms with Crippen LogP contribution in [0.25, 0.3) is 5.57 Å². The second kappa shape index (κ2) is 6.07. The highest BCUT2D eigenvalue weighted by Crippen LogP contribution is 2.39. The minimum Gasteiger partial charge on any atom is -0.368 e. The van der Waals surface area contributed by atoms with Crippen LogP contribution in [0, 0.1) is 5.92 Å². The third-order valence-electron chi connectivity index (χ3n) is 4.55. The topological polar surface area (TPSA) is 97.2 Å². The molecule has 3 aliphatic rings. The van der Waals surface area contributed by atoms with Crippen molar-refractivity contribution < 1.29 is 9.59 Å². The van der Waals surface area contributed by atoms with Crippen LogP contribution in [0.1, 0.15) is 24.8 Å². The molecule has 1 amide bonds. The van der Waals surface area contributed by atoms with Gasteiger partial charge in [-0.05, 0) is 42.4 Å². The molecule has 4 rings (SSSR count). The van der Waals surface area contributed by atoms with Crippen LogP contribution in [-0.2, 0) is 9.59 Å². The average Bonchev–Trinajstić information content (AvgIpc) is 2.60. The number of rotatable bonds is 2. The molecule has 1 aromatic carbocycles. The zero-order valence-corrected chi connectivity index (χ0v) is 14.5. The SMILES string of the molecule is CSc1ccc(C2=C3C(=O)CCCC3=NC3=NC(N)=NC(=O)C32)cc1. The first-order valence-corrected chi connectivity index (χ1v) is 9.27. The highest BCUT2D eigenvalue weighted by Gasteiger charge is 2.41. The maximum Gasteiger partial charge on any atom is 0.264 e. The van der Waals surface area contributed by atoms with E-state index in [9.17, 15) is 9.59 Å². The fourth-order valence-electron chi connectivity index (χ4n) is 3.45. The van der Waals surface area contributed by atoms with E-state index in [4.69, 9.17) is 5.73 Å². The van der Waals surface area contributed by atoms with Gasteiger partial charge in [0.15, 0.2) is 5.78 Å². The number of hydrogen-bond donors (Lipinski definition) is 1. The number of ketones is 1. The summed E-state index contributed by atoms with van der Waals surface area (Å²) in [5.74, 6) is -0.880. The van der Waals surface area contributed by atoms with Gasteiger partial charge in [-0.2, -0.15) is 9.98 Å². The number of fused-ring (bicyclic) bond motifs is 2. The number of hydrogen-bond acceptors (Lipinski definition) is 6. The molecule has 0 spiro atoms. The molecule has 1 aromatic rings. The number of nitrogens with zero attached hydrogens (tertiary/aromatic N) is 3. The molecule has 1 fully saturated rings. The van der Waals surface area contributed by atoms with Crippen molar-refractivity contribution in [2.75, 3.05) is 6.26 Å². The van der Waals surface area contributed by atoms with E-state index in [0.717, 1.165) is 16.9 Å². The lowest BCUT2D eigenvalue weighted by Crippen LogP contribution is -2.38. The average molecular weight is 352 g/mol. The van der Waals surface area contributed by atoms with E-state index < -0.39 is 11.8 Å². The van der Waals surface area contributed by atoms with E-state index in [1.54, 1.807) is 11.8 Å². The summed E-state index contributed by atoms with van der Waals surface area (Å²) in [4.78, 5) is 38.7. The number of Topliss-reactive ketones (excluding diaryl/α,β-unsaturated/α-hetero) is 1. The van der Waals surface area contributed by atoms with Gasteiger partial charge in [0.25, 0.3) is 5.91 Å². The summed E-state index contributed by atoms with van der Waals surface area (Å²) in [5, 5.41) is 0. The van der Waals surface area contributed by atoms with Gasteiger partial charge >= 0.3 is 0 Å². The normalized spacial score (nSPS) is 22.8. The Balaban J connectivity index is 1.94. The van der Waals surface area contributed by atoms with Crippen molar-refractivity contribution in [3.63, 3.8) is 0 Å². The van der Waals surface area contributed by atoms with Crippen LogP contribution < -0.4 is 5.73 Å². The first kappa shape index (κ1) is 16.0. The van der Waals surface area contributed by atoms with E-state index in [2.05, 4.69) is 15.0 Å². The third-order valence-corrected chi connectivity index (χ3v) is 5.30. The molecule has 6 nitrogen and oxygen atoms in total. The fourth-order valence-corrected chi connectivity index (χ4v) is 3.85. The number of benzene rings is 1. The molecule has 0 saturated heterocycles. The number of allylic oxidation sites excluding steroid dienone is 1. The minimum atomic E-state index is -0.756. The number of nitrogens with two attached hydrogens (primary N) is 1. The third kappa shape index (κ3) is 2.64. The van der Waals surface area contributed by atoms with Crippen molar-refractivity contribution in [1.29, 1.82) is 0 Å². The Bertz CT molecular complexity index is 910. The first-order chi connectivity index (χ1) is 12.1. The number of carbonyl (C=O) groups is 2. The lowest BCUT2D eigenvalue weighted by Gasteiger charge is -2.30. The number of thioether (sulfide) groups is 1. The molecule has 1 aliphatic carbocycles. The highest BCUT2D eigenvalue weighted by atomic mass is 32.2. The quantitative estimate of drug-likeness (QED) is 0.825. The molecule has 1 unspecified atom stereocenters. The molecule has 2 aliphatic heterocycles. The monoisotopic (exact) mass is 352 g/mol. The van der Waals surface area contributed by atoms with Crippen molar-refractivity contribution in [2.45, 2.75) is 24.2 Å². The number of guanidine groups is 1. The first-order valence-electron chi connectivity index (χ1n) is 8.05. The zero-order valence-electron chi connectivity index (χ0n) is 13.7. The summed E-state index contributed by atoms with van der Waals surface area (Å²) in [6, 6.07) is 7.83. The van der Waals surface area contributed by atoms with Gasteiger partial charge in [0.1, 0.15) is 11.8 Å². The Labute approximate surface area is 149 Å². The predicted octanol–water partition coefficient (Wildman–Crippen LogP) is 2.24. The highest BCUT2D eigenvalue weighted by molar-refractivity contribution is 7.98. The zero-order chi connectivity index (χ0) is 17.6. The van der Waals surface area contributed by atoms with Gasteiger partial charge in [-0.3, -0.25) is 9.59 Å². The molecule has 2 N–H and O–H groups in total. The smallest absolute Gasteiger partial charge is 0.264 e. The maximum atomic E-state index is 12.6. The number of dihydropyridines is 1. The molecule has 1 atom stereocenters. The molecule has 0 bridgehead atoms. The minimum absolute atomic E-state index is 0.0309. The van der Waals surface area contributed by atoms with Crippen LogP contribution in [0.15, 0.2) is 49.7 Å². The van der Waals surface area contributed by atoms with E-state index >= 15 is 0 Å². The van der Waals surface area contributed by atoms with E-state index in [1.807, 2.05) is 30.5 Å². The standard InChI is InChI=1S/C18H16N4O2S/c1-25-10-7-5-9(6-8-10)13-14-11(3-2-4-12(14)23)20-16-15(13)17(24)22-18(19)21-16/h5-8,15H,2-4H2,1H3,(H2,19,22,24). The Morgan fingerprint density at radius 1 is 1.08 bits per heavy atom. The molecule has 25 heavy (non-hydrogen) atoms. The van der Waals surface area contributed by atoms with Crippen LogP contribution in [0.3, 0.4) is 0 Å².